The van der Waals surface area contributed by atoms with Crippen LogP contribution in [0.3, 0.4) is 0 Å². The molecule has 1 amide bonds. The molecule has 0 heterocycles. The van der Waals surface area contributed by atoms with Crippen LogP contribution in [0.2, 0.25) is 0 Å². The first-order valence-electron chi connectivity index (χ1n) is 4.61. The molecule has 1 N–H and O–H groups in total. The Kier molecular flexibility index (Phi) is 4.20. The average Bonchev–Trinajstić information content (AvgIpc) is 2.28. The summed E-state index contributed by atoms with van der Waals surface area (Å²) in [6.07, 6.45) is 1.49. The number of rotatable bonds is 3. The van der Waals surface area contributed by atoms with Crippen molar-refractivity contribution in [2.45, 2.75) is 6.92 Å². The van der Waals surface area contributed by atoms with E-state index in [9.17, 15) is 9.59 Å². The number of amides is 1. The number of hydrogen-bond acceptors (Lipinski definition) is 4. The lowest BCUT2D eigenvalue weighted by Gasteiger charge is -1.98. The predicted octanol–water partition coefficient (Wildman–Crippen LogP) is 0.943. The van der Waals surface area contributed by atoms with Gasteiger partial charge in [-0.1, -0.05) is 12.1 Å². The highest BCUT2D eigenvalue weighted by molar-refractivity contribution is 5.90. The minimum atomic E-state index is -0.384. The summed E-state index contributed by atoms with van der Waals surface area (Å²) < 4.78 is 4.56. The predicted molar refractivity (Wildman–Crippen MR) is 59.2 cm³/mol. The van der Waals surface area contributed by atoms with E-state index in [4.69, 9.17) is 0 Å². The van der Waals surface area contributed by atoms with Gasteiger partial charge in [-0.05, 0) is 17.7 Å². The molecule has 0 aliphatic carbocycles. The Balaban J connectivity index is 2.68. The zero-order valence-electron chi connectivity index (χ0n) is 9.06. The molecule has 0 bridgehead atoms. The first-order valence-corrected chi connectivity index (χ1v) is 4.61. The number of ether oxygens (including phenoxy) is 1. The van der Waals surface area contributed by atoms with Crippen molar-refractivity contribution in [2.75, 3.05) is 7.11 Å². The fourth-order valence-corrected chi connectivity index (χ4v) is 1.02. The van der Waals surface area contributed by atoms with Crippen LogP contribution in [0.4, 0.5) is 0 Å². The number of carbonyl (C=O) groups excluding carboxylic acids is 2. The van der Waals surface area contributed by atoms with Gasteiger partial charge in [0.15, 0.2) is 0 Å². The number of methoxy groups -OCH3 is 1. The van der Waals surface area contributed by atoms with Crippen molar-refractivity contribution in [3.8, 4) is 0 Å². The van der Waals surface area contributed by atoms with E-state index in [2.05, 4.69) is 15.3 Å². The summed E-state index contributed by atoms with van der Waals surface area (Å²) >= 11 is 0. The SMILES string of the molecule is COC(=O)c1ccc(/C=N/NC(C)=O)cc1. The molecule has 0 fully saturated rings. The van der Waals surface area contributed by atoms with Crippen molar-refractivity contribution >= 4 is 18.1 Å². The van der Waals surface area contributed by atoms with Crippen molar-refractivity contribution in [3.05, 3.63) is 35.4 Å². The van der Waals surface area contributed by atoms with Crippen LogP contribution in [0.15, 0.2) is 29.4 Å². The molecule has 0 saturated carbocycles. The van der Waals surface area contributed by atoms with Crippen LogP contribution in [-0.2, 0) is 9.53 Å². The molecule has 16 heavy (non-hydrogen) atoms. The van der Waals surface area contributed by atoms with Crippen LogP contribution in [0.1, 0.15) is 22.8 Å². The van der Waals surface area contributed by atoms with Crippen LogP contribution in [0.25, 0.3) is 0 Å². The molecule has 1 rings (SSSR count). The average molecular weight is 220 g/mol. The van der Waals surface area contributed by atoms with Gasteiger partial charge in [0.1, 0.15) is 0 Å². The van der Waals surface area contributed by atoms with Crippen LogP contribution < -0.4 is 5.43 Å². The third kappa shape index (κ3) is 3.53. The third-order valence-electron chi connectivity index (χ3n) is 1.77. The molecule has 5 heteroatoms. The number of nitrogens with one attached hydrogen (secondary N) is 1. The number of hydrogen-bond donors (Lipinski definition) is 1. The maximum atomic E-state index is 11.1. The summed E-state index contributed by atoms with van der Waals surface area (Å²) in [5, 5.41) is 3.70. The second kappa shape index (κ2) is 5.65. The molecule has 0 radical (unpaired) electrons. The summed E-state index contributed by atoms with van der Waals surface area (Å²) in [7, 11) is 1.33. The molecular formula is C11H12N2O3. The van der Waals surface area contributed by atoms with E-state index >= 15 is 0 Å². The van der Waals surface area contributed by atoms with Gasteiger partial charge in [-0.15, -0.1) is 0 Å². The number of benzene rings is 1. The lowest BCUT2D eigenvalue weighted by Crippen LogP contribution is -2.12. The first-order chi connectivity index (χ1) is 7.63. The molecule has 0 saturated heterocycles. The maximum absolute atomic E-state index is 11.1. The second-order valence-electron chi connectivity index (χ2n) is 3.04. The molecule has 0 spiro atoms. The van der Waals surface area contributed by atoms with E-state index in [-0.39, 0.29) is 11.9 Å². The lowest BCUT2D eigenvalue weighted by molar-refractivity contribution is -0.118. The summed E-state index contributed by atoms with van der Waals surface area (Å²) in [5.74, 6) is -0.618. The Labute approximate surface area is 93.1 Å². The van der Waals surface area contributed by atoms with Gasteiger partial charge in [0.25, 0.3) is 0 Å². The summed E-state index contributed by atoms with van der Waals surface area (Å²) in [5.41, 5.74) is 3.53. The molecule has 0 aliphatic heterocycles. The minimum absolute atomic E-state index is 0.234. The Bertz CT molecular complexity index is 410. The van der Waals surface area contributed by atoms with E-state index in [1.165, 1.54) is 20.2 Å². The van der Waals surface area contributed by atoms with Crippen molar-refractivity contribution in [1.82, 2.24) is 5.43 Å². The van der Waals surface area contributed by atoms with E-state index in [1.807, 2.05) is 0 Å². The van der Waals surface area contributed by atoms with Crippen LogP contribution in [0.5, 0.6) is 0 Å². The highest BCUT2D eigenvalue weighted by atomic mass is 16.5. The van der Waals surface area contributed by atoms with E-state index in [0.717, 1.165) is 5.56 Å². The Morgan fingerprint density at radius 2 is 1.94 bits per heavy atom. The van der Waals surface area contributed by atoms with Crippen molar-refractivity contribution in [2.24, 2.45) is 5.10 Å². The Morgan fingerprint density at radius 1 is 1.31 bits per heavy atom. The summed E-state index contributed by atoms with van der Waals surface area (Å²) in [6, 6.07) is 6.66. The number of esters is 1. The van der Waals surface area contributed by atoms with Gasteiger partial charge in [-0.25, -0.2) is 10.2 Å². The first kappa shape index (κ1) is 11.9. The number of carbonyl (C=O) groups is 2. The molecular weight excluding hydrogens is 208 g/mol. The topological polar surface area (TPSA) is 67.8 Å². The molecule has 1 aromatic carbocycles. The van der Waals surface area contributed by atoms with Gasteiger partial charge in [0, 0.05) is 6.92 Å². The third-order valence-corrected chi connectivity index (χ3v) is 1.77. The zero-order valence-corrected chi connectivity index (χ0v) is 9.06. The van der Waals surface area contributed by atoms with Gasteiger partial charge >= 0.3 is 5.97 Å². The van der Waals surface area contributed by atoms with Crippen LogP contribution >= 0.6 is 0 Å². The van der Waals surface area contributed by atoms with Crippen LogP contribution in [-0.4, -0.2) is 25.2 Å². The van der Waals surface area contributed by atoms with E-state index in [1.54, 1.807) is 24.3 Å². The highest BCUT2D eigenvalue weighted by Gasteiger charge is 2.03. The summed E-state index contributed by atoms with van der Waals surface area (Å²) in [6.45, 7) is 1.37. The monoisotopic (exact) mass is 220 g/mol. The quantitative estimate of drug-likeness (QED) is 0.468. The molecule has 0 aliphatic rings. The van der Waals surface area contributed by atoms with Crippen molar-refractivity contribution in [3.63, 3.8) is 0 Å². The van der Waals surface area contributed by atoms with Crippen LogP contribution in [0, 0.1) is 0 Å². The standard InChI is InChI=1S/C11H12N2O3/c1-8(14)13-12-7-9-3-5-10(6-4-9)11(15)16-2/h3-7H,1-2H3,(H,13,14)/b12-7+. The largest absolute Gasteiger partial charge is 0.465 e. The fourth-order valence-electron chi connectivity index (χ4n) is 1.02. The molecule has 0 unspecified atom stereocenters. The Hall–Kier alpha value is -2.17. The van der Waals surface area contributed by atoms with Gasteiger partial charge in [0.2, 0.25) is 5.91 Å². The highest BCUT2D eigenvalue weighted by Crippen LogP contribution is 2.03. The molecule has 5 nitrogen and oxygen atoms in total. The fraction of sp³-hybridized carbons (Fsp3) is 0.182. The number of hydrazone groups is 1. The molecule has 0 atom stereocenters. The van der Waals surface area contributed by atoms with Gasteiger partial charge < -0.3 is 4.74 Å². The minimum Gasteiger partial charge on any atom is -0.465 e. The van der Waals surface area contributed by atoms with E-state index < -0.39 is 0 Å². The zero-order chi connectivity index (χ0) is 12.0. The van der Waals surface area contributed by atoms with Crippen molar-refractivity contribution in [1.29, 1.82) is 0 Å². The van der Waals surface area contributed by atoms with Gasteiger partial charge in [-0.3, -0.25) is 4.79 Å². The number of nitrogens with zero attached hydrogens (tertiary/aromatic N) is 1. The summed E-state index contributed by atoms with van der Waals surface area (Å²) in [4.78, 5) is 21.6. The molecule has 84 valence electrons. The second-order valence-corrected chi connectivity index (χ2v) is 3.04. The Morgan fingerprint density at radius 3 is 2.44 bits per heavy atom. The molecule has 0 aromatic heterocycles. The smallest absolute Gasteiger partial charge is 0.337 e. The van der Waals surface area contributed by atoms with E-state index in [0.29, 0.717) is 5.56 Å². The van der Waals surface area contributed by atoms with Gasteiger partial charge in [-0.2, -0.15) is 5.10 Å². The lowest BCUT2D eigenvalue weighted by atomic mass is 10.1. The van der Waals surface area contributed by atoms with Crippen molar-refractivity contribution < 1.29 is 14.3 Å². The maximum Gasteiger partial charge on any atom is 0.337 e. The normalized spacial score (nSPS) is 10.1. The molecule has 1 aromatic rings. The van der Waals surface area contributed by atoms with Gasteiger partial charge in [0.05, 0.1) is 18.9 Å².